The smallest absolute Gasteiger partial charge is 0.260 e. The molecule has 0 radical (unpaired) electrons. The van der Waals surface area contributed by atoms with Crippen LogP contribution < -0.4 is 5.73 Å². The Morgan fingerprint density at radius 2 is 1.94 bits per heavy atom. The van der Waals surface area contributed by atoms with E-state index in [2.05, 4.69) is 31.0 Å². The van der Waals surface area contributed by atoms with Gasteiger partial charge in [0.1, 0.15) is 9.88 Å². The van der Waals surface area contributed by atoms with E-state index >= 15 is 0 Å². The van der Waals surface area contributed by atoms with Crippen LogP contribution >= 0.6 is 11.3 Å². The van der Waals surface area contributed by atoms with E-state index in [0.717, 1.165) is 10.6 Å². The van der Waals surface area contributed by atoms with E-state index < -0.39 is 5.91 Å². The van der Waals surface area contributed by atoms with Crippen LogP contribution in [-0.4, -0.2) is 10.9 Å². The molecular weight excluding hydrogens is 232 g/mol. The van der Waals surface area contributed by atoms with Crippen molar-refractivity contribution in [2.75, 3.05) is 0 Å². The van der Waals surface area contributed by atoms with E-state index in [4.69, 9.17) is 5.73 Å². The van der Waals surface area contributed by atoms with Crippen LogP contribution in [0.5, 0.6) is 0 Å². The fraction of sp³-hybridized carbons (Fsp3) is 0.231. The summed E-state index contributed by atoms with van der Waals surface area (Å²) in [5.41, 5.74) is 7.51. The number of hydrogen-bond acceptors (Lipinski definition) is 3. The molecule has 0 atom stereocenters. The Morgan fingerprint density at radius 1 is 1.29 bits per heavy atom. The highest BCUT2D eigenvalue weighted by atomic mass is 32.1. The first kappa shape index (κ1) is 11.8. The van der Waals surface area contributed by atoms with E-state index in [1.165, 1.54) is 23.1 Å². The fourth-order valence-electron chi connectivity index (χ4n) is 1.53. The minimum atomic E-state index is -0.424. The third-order valence-electron chi connectivity index (χ3n) is 2.57. The first-order valence-corrected chi connectivity index (χ1v) is 6.25. The van der Waals surface area contributed by atoms with Crippen molar-refractivity contribution in [3.8, 4) is 10.6 Å². The Balaban J connectivity index is 2.30. The average molecular weight is 246 g/mol. The van der Waals surface area contributed by atoms with Crippen LogP contribution in [0.2, 0.25) is 0 Å². The van der Waals surface area contributed by atoms with Crippen molar-refractivity contribution < 1.29 is 4.79 Å². The second-order valence-electron chi connectivity index (χ2n) is 4.17. The Kier molecular flexibility index (Phi) is 3.24. The molecule has 0 fully saturated rings. The SMILES string of the molecule is CC(C)c1ccc(-c2ncc(C(N)=O)s2)cc1. The Hall–Kier alpha value is -1.68. The third-order valence-corrected chi connectivity index (χ3v) is 3.63. The predicted molar refractivity (Wildman–Crippen MR) is 70.2 cm³/mol. The van der Waals surface area contributed by atoms with Crippen LogP contribution in [0.1, 0.15) is 35.0 Å². The molecule has 0 saturated heterocycles. The molecule has 0 aliphatic carbocycles. The summed E-state index contributed by atoms with van der Waals surface area (Å²) in [6.45, 7) is 4.31. The number of thiazole rings is 1. The Labute approximate surface area is 104 Å². The molecule has 1 aromatic carbocycles. The van der Waals surface area contributed by atoms with Crippen molar-refractivity contribution in [2.45, 2.75) is 19.8 Å². The highest BCUT2D eigenvalue weighted by molar-refractivity contribution is 7.16. The number of benzene rings is 1. The number of rotatable bonds is 3. The second-order valence-corrected chi connectivity index (χ2v) is 5.20. The number of nitrogens with two attached hydrogens (primary N) is 1. The summed E-state index contributed by atoms with van der Waals surface area (Å²) in [5.74, 6) is 0.0917. The highest BCUT2D eigenvalue weighted by Crippen LogP contribution is 2.26. The lowest BCUT2D eigenvalue weighted by molar-refractivity contribution is 0.100. The van der Waals surface area contributed by atoms with Crippen LogP contribution in [0.25, 0.3) is 10.6 Å². The van der Waals surface area contributed by atoms with Crippen molar-refractivity contribution in [3.05, 3.63) is 40.9 Å². The zero-order valence-electron chi connectivity index (χ0n) is 9.81. The van der Waals surface area contributed by atoms with Crippen molar-refractivity contribution in [2.24, 2.45) is 5.73 Å². The Morgan fingerprint density at radius 3 is 2.41 bits per heavy atom. The molecule has 4 heteroatoms. The molecule has 0 spiro atoms. The standard InChI is InChI=1S/C13H14N2OS/c1-8(2)9-3-5-10(6-4-9)13-15-7-11(17-13)12(14)16/h3-8H,1-2H3,(H2,14,16). The number of hydrogen-bond donors (Lipinski definition) is 1. The van der Waals surface area contributed by atoms with Gasteiger partial charge in [-0.3, -0.25) is 4.79 Å². The lowest BCUT2D eigenvalue weighted by Gasteiger charge is -2.05. The van der Waals surface area contributed by atoms with Gasteiger partial charge in [-0.2, -0.15) is 0 Å². The lowest BCUT2D eigenvalue weighted by Crippen LogP contribution is -2.08. The summed E-state index contributed by atoms with van der Waals surface area (Å²) in [6.07, 6.45) is 1.53. The number of nitrogens with zero attached hydrogens (tertiary/aromatic N) is 1. The molecule has 2 aromatic rings. The van der Waals surface area contributed by atoms with Gasteiger partial charge in [-0.05, 0) is 11.5 Å². The molecule has 0 unspecified atom stereocenters. The number of primary amides is 1. The monoisotopic (exact) mass is 246 g/mol. The van der Waals surface area contributed by atoms with Gasteiger partial charge >= 0.3 is 0 Å². The van der Waals surface area contributed by atoms with Crippen LogP contribution in [0.4, 0.5) is 0 Å². The molecule has 2 rings (SSSR count). The van der Waals surface area contributed by atoms with Gasteiger partial charge in [0.15, 0.2) is 0 Å². The topological polar surface area (TPSA) is 56.0 Å². The summed E-state index contributed by atoms with van der Waals surface area (Å²) in [5, 5.41) is 0.828. The van der Waals surface area contributed by atoms with Gasteiger partial charge in [0.2, 0.25) is 0 Å². The summed E-state index contributed by atoms with van der Waals surface area (Å²) in [4.78, 5) is 15.7. The third kappa shape index (κ3) is 2.53. The summed E-state index contributed by atoms with van der Waals surface area (Å²) < 4.78 is 0. The van der Waals surface area contributed by atoms with Crippen molar-refractivity contribution >= 4 is 17.2 Å². The van der Waals surface area contributed by atoms with E-state index in [-0.39, 0.29) is 0 Å². The van der Waals surface area contributed by atoms with Crippen molar-refractivity contribution in [3.63, 3.8) is 0 Å². The molecule has 1 heterocycles. The maximum absolute atomic E-state index is 11.0. The maximum atomic E-state index is 11.0. The molecule has 0 bridgehead atoms. The first-order valence-electron chi connectivity index (χ1n) is 5.44. The van der Waals surface area contributed by atoms with E-state index in [1.54, 1.807) is 0 Å². The van der Waals surface area contributed by atoms with E-state index in [1.807, 2.05) is 12.1 Å². The Bertz CT molecular complexity index is 529. The largest absolute Gasteiger partial charge is 0.365 e. The van der Waals surface area contributed by atoms with Gasteiger partial charge in [-0.25, -0.2) is 4.98 Å². The molecule has 17 heavy (non-hydrogen) atoms. The van der Waals surface area contributed by atoms with Gasteiger partial charge in [0.05, 0.1) is 6.20 Å². The zero-order valence-corrected chi connectivity index (χ0v) is 10.6. The van der Waals surface area contributed by atoms with Crippen LogP contribution in [-0.2, 0) is 0 Å². The molecule has 0 aliphatic heterocycles. The summed E-state index contributed by atoms with van der Waals surface area (Å²) in [6, 6.07) is 8.23. The lowest BCUT2D eigenvalue weighted by atomic mass is 10.0. The number of amides is 1. The van der Waals surface area contributed by atoms with Gasteiger partial charge in [0.25, 0.3) is 5.91 Å². The molecule has 2 N–H and O–H groups in total. The molecule has 3 nitrogen and oxygen atoms in total. The van der Waals surface area contributed by atoms with Crippen molar-refractivity contribution in [1.82, 2.24) is 4.98 Å². The fourth-order valence-corrected chi connectivity index (χ4v) is 2.31. The van der Waals surface area contributed by atoms with Crippen molar-refractivity contribution in [1.29, 1.82) is 0 Å². The van der Waals surface area contributed by atoms with E-state index in [9.17, 15) is 4.79 Å². The highest BCUT2D eigenvalue weighted by Gasteiger charge is 2.08. The molecule has 0 aliphatic rings. The number of carbonyl (C=O) groups is 1. The number of aromatic nitrogens is 1. The van der Waals surface area contributed by atoms with Crippen LogP contribution in [0, 0.1) is 0 Å². The molecule has 1 amide bonds. The second kappa shape index (κ2) is 4.67. The molecule has 1 aromatic heterocycles. The van der Waals surface area contributed by atoms with Gasteiger partial charge in [-0.15, -0.1) is 11.3 Å². The average Bonchev–Trinajstić information content (AvgIpc) is 2.78. The molecular formula is C13H14N2OS. The number of carbonyl (C=O) groups excluding carboxylic acids is 1. The predicted octanol–water partition coefficient (Wildman–Crippen LogP) is 3.03. The van der Waals surface area contributed by atoms with Crippen LogP contribution in [0.3, 0.4) is 0 Å². The van der Waals surface area contributed by atoms with E-state index in [0.29, 0.717) is 10.8 Å². The molecule has 88 valence electrons. The van der Waals surface area contributed by atoms with Gasteiger partial charge < -0.3 is 5.73 Å². The minimum absolute atomic E-state index is 0.424. The normalized spacial score (nSPS) is 10.8. The quantitative estimate of drug-likeness (QED) is 0.905. The van der Waals surface area contributed by atoms with Crippen LogP contribution in [0.15, 0.2) is 30.5 Å². The molecule has 0 saturated carbocycles. The summed E-state index contributed by atoms with van der Waals surface area (Å²) >= 11 is 1.32. The van der Waals surface area contributed by atoms with Gasteiger partial charge in [-0.1, -0.05) is 38.1 Å². The summed E-state index contributed by atoms with van der Waals surface area (Å²) in [7, 11) is 0. The minimum Gasteiger partial charge on any atom is -0.365 e. The van der Waals surface area contributed by atoms with Gasteiger partial charge in [0, 0.05) is 5.56 Å². The first-order chi connectivity index (χ1) is 8.08. The zero-order chi connectivity index (χ0) is 12.4. The maximum Gasteiger partial charge on any atom is 0.260 e.